The van der Waals surface area contributed by atoms with Gasteiger partial charge in [0.25, 0.3) is 0 Å². The number of ether oxygens (including phenoxy) is 1. The maximum atomic E-state index is 11.3. The first-order valence-electron chi connectivity index (χ1n) is 5.84. The third-order valence-electron chi connectivity index (χ3n) is 2.87. The Morgan fingerprint density at radius 1 is 1.41 bits per heavy atom. The topological polar surface area (TPSA) is 29.5 Å². The van der Waals surface area contributed by atoms with E-state index in [0.717, 1.165) is 5.69 Å². The van der Waals surface area contributed by atoms with Gasteiger partial charge in [0, 0.05) is 12.7 Å². The van der Waals surface area contributed by atoms with Crippen LogP contribution in [0.5, 0.6) is 0 Å². The predicted molar refractivity (Wildman–Crippen MR) is 70.6 cm³/mol. The van der Waals surface area contributed by atoms with Gasteiger partial charge in [0.05, 0.1) is 7.11 Å². The summed E-state index contributed by atoms with van der Waals surface area (Å²) in [6.07, 6.45) is 0. The van der Waals surface area contributed by atoms with Crippen molar-refractivity contribution in [1.82, 2.24) is 0 Å². The van der Waals surface area contributed by atoms with Crippen LogP contribution in [0, 0.1) is 6.92 Å². The minimum atomic E-state index is -0.217. The fourth-order valence-corrected chi connectivity index (χ4v) is 2.01. The molecule has 1 aromatic rings. The Morgan fingerprint density at radius 2 is 2.06 bits per heavy atom. The average Bonchev–Trinajstić information content (AvgIpc) is 2.28. The highest BCUT2D eigenvalue weighted by atomic mass is 16.5. The maximum Gasteiger partial charge on any atom is 0.325 e. The van der Waals surface area contributed by atoms with Crippen LogP contribution in [-0.4, -0.2) is 26.7 Å². The van der Waals surface area contributed by atoms with E-state index in [2.05, 4.69) is 39.0 Å². The van der Waals surface area contributed by atoms with E-state index in [1.54, 1.807) is 0 Å². The molecule has 0 aliphatic rings. The number of hydrogen-bond donors (Lipinski definition) is 0. The zero-order valence-corrected chi connectivity index (χ0v) is 11.3. The Kier molecular flexibility index (Phi) is 4.55. The largest absolute Gasteiger partial charge is 0.468 e. The monoisotopic (exact) mass is 235 g/mol. The molecule has 3 nitrogen and oxygen atoms in total. The van der Waals surface area contributed by atoms with Crippen molar-refractivity contribution in [3.63, 3.8) is 0 Å². The van der Waals surface area contributed by atoms with Gasteiger partial charge in [-0.15, -0.1) is 0 Å². The Bertz CT molecular complexity index is 399. The molecule has 0 aliphatic carbocycles. The molecule has 0 fully saturated rings. The quantitative estimate of drug-likeness (QED) is 0.751. The molecule has 0 atom stereocenters. The SMILES string of the molecule is COC(=O)CN(C)c1c(C)cccc1C(C)C. The van der Waals surface area contributed by atoms with Gasteiger partial charge in [-0.25, -0.2) is 0 Å². The van der Waals surface area contributed by atoms with Crippen LogP contribution in [-0.2, 0) is 9.53 Å². The Hall–Kier alpha value is -1.51. The van der Waals surface area contributed by atoms with Gasteiger partial charge < -0.3 is 9.64 Å². The van der Waals surface area contributed by atoms with Crippen molar-refractivity contribution >= 4 is 11.7 Å². The molecular weight excluding hydrogens is 214 g/mol. The van der Waals surface area contributed by atoms with Crippen molar-refractivity contribution in [2.24, 2.45) is 0 Å². The summed E-state index contributed by atoms with van der Waals surface area (Å²) in [6, 6.07) is 6.23. The summed E-state index contributed by atoms with van der Waals surface area (Å²) < 4.78 is 4.70. The van der Waals surface area contributed by atoms with Crippen molar-refractivity contribution in [1.29, 1.82) is 0 Å². The van der Waals surface area contributed by atoms with Gasteiger partial charge in [0.1, 0.15) is 6.54 Å². The Balaban J connectivity index is 3.06. The molecule has 0 saturated carbocycles. The molecule has 0 spiro atoms. The molecule has 0 unspecified atom stereocenters. The summed E-state index contributed by atoms with van der Waals surface area (Å²) in [4.78, 5) is 13.3. The Labute approximate surface area is 103 Å². The second-order valence-corrected chi connectivity index (χ2v) is 4.60. The van der Waals surface area contributed by atoms with Gasteiger partial charge in [-0.1, -0.05) is 32.0 Å². The molecule has 0 saturated heterocycles. The molecule has 0 N–H and O–H groups in total. The van der Waals surface area contributed by atoms with Crippen LogP contribution < -0.4 is 4.90 Å². The standard InChI is InChI=1S/C14H21NO2/c1-10(2)12-8-6-7-11(3)14(12)15(4)9-13(16)17-5/h6-8,10H,9H2,1-5H3. The lowest BCUT2D eigenvalue weighted by Crippen LogP contribution is -2.28. The molecule has 0 radical (unpaired) electrons. The molecule has 94 valence electrons. The predicted octanol–water partition coefficient (Wildman–Crippen LogP) is 2.73. The number of hydrogen-bond acceptors (Lipinski definition) is 3. The van der Waals surface area contributed by atoms with Gasteiger partial charge in [-0.05, 0) is 24.0 Å². The number of likely N-dealkylation sites (N-methyl/N-ethyl adjacent to an activating group) is 1. The van der Waals surface area contributed by atoms with Crippen LogP contribution in [0.2, 0.25) is 0 Å². The summed E-state index contributed by atoms with van der Waals surface area (Å²) in [5.74, 6) is 0.218. The number of esters is 1. The molecular formula is C14H21NO2. The summed E-state index contributed by atoms with van der Waals surface area (Å²) >= 11 is 0. The minimum Gasteiger partial charge on any atom is -0.468 e. The number of carbonyl (C=O) groups is 1. The smallest absolute Gasteiger partial charge is 0.325 e. The van der Waals surface area contributed by atoms with Crippen LogP contribution in [0.15, 0.2) is 18.2 Å². The van der Waals surface area contributed by atoms with Gasteiger partial charge >= 0.3 is 5.97 Å². The molecule has 0 aliphatic heterocycles. The van der Waals surface area contributed by atoms with Crippen molar-refractivity contribution in [3.05, 3.63) is 29.3 Å². The van der Waals surface area contributed by atoms with E-state index in [-0.39, 0.29) is 12.5 Å². The zero-order valence-electron chi connectivity index (χ0n) is 11.3. The molecule has 1 aromatic carbocycles. The van der Waals surface area contributed by atoms with Crippen molar-refractivity contribution < 1.29 is 9.53 Å². The molecule has 0 amide bonds. The van der Waals surface area contributed by atoms with E-state index in [1.807, 2.05) is 11.9 Å². The number of para-hydroxylation sites is 1. The van der Waals surface area contributed by atoms with Crippen LogP contribution in [0.3, 0.4) is 0 Å². The second-order valence-electron chi connectivity index (χ2n) is 4.60. The summed E-state index contributed by atoms with van der Waals surface area (Å²) in [5, 5.41) is 0. The highest BCUT2D eigenvalue weighted by Crippen LogP contribution is 2.29. The molecule has 0 heterocycles. The van der Waals surface area contributed by atoms with Crippen LogP contribution in [0.1, 0.15) is 30.9 Å². The van der Waals surface area contributed by atoms with Crippen molar-refractivity contribution in [3.8, 4) is 0 Å². The maximum absolute atomic E-state index is 11.3. The zero-order chi connectivity index (χ0) is 13.0. The number of anilines is 1. The van der Waals surface area contributed by atoms with Crippen molar-refractivity contribution in [2.45, 2.75) is 26.7 Å². The first-order valence-corrected chi connectivity index (χ1v) is 5.84. The molecule has 0 bridgehead atoms. The van der Waals surface area contributed by atoms with E-state index >= 15 is 0 Å². The number of aryl methyl sites for hydroxylation is 1. The van der Waals surface area contributed by atoms with E-state index in [9.17, 15) is 4.79 Å². The lowest BCUT2D eigenvalue weighted by molar-refractivity contribution is -0.138. The van der Waals surface area contributed by atoms with Crippen LogP contribution in [0.25, 0.3) is 0 Å². The number of benzene rings is 1. The first-order chi connectivity index (χ1) is 7.97. The van der Waals surface area contributed by atoms with Gasteiger partial charge in [-0.2, -0.15) is 0 Å². The van der Waals surface area contributed by atoms with E-state index in [0.29, 0.717) is 5.92 Å². The average molecular weight is 235 g/mol. The first kappa shape index (κ1) is 13.6. The summed E-state index contributed by atoms with van der Waals surface area (Å²) in [7, 11) is 3.34. The van der Waals surface area contributed by atoms with E-state index in [1.165, 1.54) is 18.2 Å². The van der Waals surface area contributed by atoms with Crippen LogP contribution in [0.4, 0.5) is 5.69 Å². The fraction of sp³-hybridized carbons (Fsp3) is 0.500. The van der Waals surface area contributed by atoms with Gasteiger partial charge in [0.15, 0.2) is 0 Å². The second kappa shape index (κ2) is 5.71. The van der Waals surface area contributed by atoms with E-state index < -0.39 is 0 Å². The normalized spacial score (nSPS) is 10.5. The molecule has 0 aromatic heterocycles. The van der Waals surface area contributed by atoms with E-state index in [4.69, 9.17) is 4.74 Å². The number of methoxy groups -OCH3 is 1. The third kappa shape index (κ3) is 3.22. The molecule has 1 rings (SSSR count). The van der Waals surface area contributed by atoms with Crippen LogP contribution >= 0.6 is 0 Å². The Morgan fingerprint density at radius 3 is 2.59 bits per heavy atom. The number of nitrogens with zero attached hydrogens (tertiary/aromatic N) is 1. The lowest BCUT2D eigenvalue weighted by atomic mass is 9.97. The minimum absolute atomic E-state index is 0.217. The fourth-order valence-electron chi connectivity index (χ4n) is 2.01. The lowest BCUT2D eigenvalue weighted by Gasteiger charge is -2.25. The third-order valence-corrected chi connectivity index (χ3v) is 2.87. The highest BCUT2D eigenvalue weighted by Gasteiger charge is 2.15. The molecule has 17 heavy (non-hydrogen) atoms. The summed E-state index contributed by atoms with van der Waals surface area (Å²) in [5.41, 5.74) is 3.58. The number of rotatable bonds is 4. The number of carbonyl (C=O) groups excluding carboxylic acids is 1. The highest BCUT2D eigenvalue weighted by molar-refractivity contribution is 5.76. The molecule has 3 heteroatoms. The van der Waals surface area contributed by atoms with Crippen molar-refractivity contribution in [2.75, 3.05) is 25.6 Å². The van der Waals surface area contributed by atoms with Gasteiger partial charge in [0.2, 0.25) is 0 Å². The summed E-state index contributed by atoms with van der Waals surface area (Å²) in [6.45, 7) is 6.66. The van der Waals surface area contributed by atoms with Gasteiger partial charge in [-0.3, -0.25) is 4.79 Å².